The highest BCUT2D eigenvalue weighted by atomic mass is 16.5. The van der Waals surface area contributed by atoms with Crippen molar-refractivity contribution in [3.8, 4) is 6.07 Å². The highest BCUT2D eigenvalue weighted by Gasteiger charge is 2.34. The zero-order chi connectivity index (χ0) is 13.7. The zero-order valence-corrected chi connectivity index (χ0v) is 11.5. The minimum Gasteiger partial charge on any atom is -0.383 e. The van der Waals surface area contributed by atoms with Gasteiger partial charge in [-0.05, 0) is 11.6 Å². The Hall–Kier alpha value is -1.41. The van der Waals surface area contributed by atoms with E-state index in [9.17, 15) is 0 Å². The van der Waals surface area contributed by atoms with Gasteiger partial charge in [0, 0.05) is 33.2 Å². The predicted molar refractivity (Wildman–Crippen MR) is 73.0 cm³/mol. The van der Waals surface area contributed by atoms with Crippen molar-refractivity contribution in [1.82, 2.24) is 4.90 Å². The molecular weight excluding hydrogens is 240 g/mol. The van der Waals surface area contributed by atoms with Crippen molar-refractivity contribution in [3.05, 3.63) is 35.4 Å². The Bertz CT molecular complexity index is 444. The first-order valence-electron chi connectivity index (χ1n) is 6.51. The van der Waals surface area contributed by atoms with Crippen LogP contribution in [0.5, 0.6) is 0 Å². The molecule has 102 valence electrons. The van der Waals surface area contributed by atoms with E-state index in [2.05, 4.69) is 17.0 Å². The molecule has 1 fully saturated rings. The van der Waals surface area contributed by atoms with Crippen LogP contribution in [-0.2, 0) is 9.47 Å². The third-order valence-corrected chi connectivity index (χ3v) is 3.67. The number of hydrogen-bond donors (Lipinski definition) is 0. The van der Waals surface area contributed by atoms with Crippen LogP contribution in [0, 0.1) is 11.3 Å². The Labute approximate surface area is 114 Å². The van der Waals surface area contributed by atoms with Crippen LogP contribution in [0.15, 0.2) is 24.3 Å². The summed E-state index contributed by atoms with van der Waals surface area (Å²) in [6.07, 6.45) is 0. The molecule has 0 amide bonds. The van der Waals surface area contributed by atoms with Gasteiger partial charge in [-0.15, -0.1) is 0 Å². The lowest BCUT2D eigenvalue weighted by Gasteiger charge is -2.44. The fourth-order valence-corrected chi connectivity index (χ4v) is 2.61. The van der Waals surface area contributed by atoms with Crippen LogP contribution in [0.1, 0.15) is 17.0 Å². The van der Waals surface area contributed by atoms with Gasteiger partial charge in [0.15, 0.2) is 0 Å². The second-order valence-electron chi connectivity index (χ2n) is 4.91. The number of rotatable bonds is 6. The zero-order valence-electron chi connectivity index (χ0n) is 11.5. The van der Waals surface area contributed by atoms with E-state index in [1.165, 1.54) is 0 Å². The van der Waals surface area contributed by atoms with Gasteiger partial charge in [0.1, 0.15) is 0 Å². The number of methoxy groups -OCH3 is 2. The van der Waals surface area contributed by atoms with Gasteiger partial charge in [-0.1, -0.05) is 18.2 Å². The van der Waals surface area contributed by atoms with Gasteiger partial charge in [-0.2, -0.15) is 5.26 Å². The monoisotopic (exact) mass is 260 g/mol. The maximum Gasteiger partial charge on any atom is 0.0994 e. The summed E-state index contributed by atoms with van der Waals surface area (Å²) in [7, 11) is 3.43. The second kappa shape index (κ2) is 6.67. The molecule has 1 heterocycles. The molecule has 0 radical (unpaired) electrons. The summed E-state index contributed by atoms with van der Waals surface area (Å²) in [6.45, 7) is 3.30. The van der Waals surface area contributed by atoms with Crippen molar-refractivity contribution in [2.45, 2.75) is 12.0 Å². The molecule has 4 nitrogen and oxygen atoms in total. The highest BCUT2D eigenvalue weighted by Crippen LogP contribution is 2.30. The number of nitrogens with zero attached hydrogens (tertiary/aromatic N) is 2. The Morgan fingerprint density at radius 3 is 2.47 bits per heavy atom. The van der Waals surface area contributed by atoms with Crippen LogP contribution >= 0.6 is 0 Å². The van der Waals surface area contributed by atoms with Gasteiger partial charge in [0.25, 0.3) is 0 Å². The molecule has 1 aliphatic heterocycles. The van der Waals surface area contributed by atoms with Crippen molar-refractivity contribution < 1.29 is 9.47 Å². The topological polar surface area (TPSA) is 45.5 Å². The number of hydrogen-bond acceptors (Lipinski definition) is 4. The van der Waals surface area contributed by atoms with Crippen LogP contribution in [0.4, 0.5) is 0 Å². The lowest BCUT2D eigenvalue weighted by atomic mass is 9.87. The summed E-state index contributed by atoms with van der Waals surface area (Å²) >= 11 is 0. The van der Waals surface area contributed by atoms with E-state index >= 15 is 0 Å². The molecule has 1 aromatic rings. The quantitative estimate of drug-likeness (QED) is 0.779. The van der Waals surface area contributed by atoms with Crippen molar-refractivity contribution in [1.29, 1.82) is 5.26 Å². The maximum atomic E-state index is 9.13. The molecule has 0 saturated carbocycles. The first-order valence-corrected chi connectivity index (χ1v) is 6.51. The normalized spacial score (nSPS) is 16.3. The van der Waals surface area contributed by atoms with Crippen molar-refractivity contribution >= 4 is 0 Å². The first kappa shape index (κ1) is 14.0. The highest BCUT2D eigenvalue weighted by molar-refractivity contribution is 5.41. The third-order valence-electron chi connectivity index (χ3n) is 3.67. The minimum absolute atomic E-state index is 0.306. The molecule has 19 heavy (non-hydrogen) atoms. The Morgan fingerprint density at radius 1 is 1.26 bits per heavy atom. The molecule has 0 unspecified atom stereocenters. The first-order chi connectivity index (χ1) is 9.30. The molecule has 1 aliphatic rings. The standard InChI is InChI=1S/C15H20N2O2/c1-18-10-14(11-19-2)17-8-13(9-17)15-6-4-3-5-12(15)7-16/h3-6,13-14H,8-11H2,1-2H3. The third kappa shape index (κ3) is 3.13. The fraction of sp³-hybridized carbons (Fsp3) is 0.533. The number of ether oxygens (including phenoxy) is 2. The summed E-state index contributed by atoms with van der Waals surface area (Å²) in [5, 5.41) is 9.13. The molecule has 0 atom stereocenters. The maximum absolute atomic E-state index is 9.13. The van der Waals surface area contributed by atoms with Crippen molar-refractivity contribution in [2.24, 2.45) is 0 Å². The van der Waals surface area contributed by atoms with Crippen LogP contribution < -0.4 is 0 Å². The summed E-state index contributed by atoms with van der Waals surface area (Å²) in [5.74, 6) is 0.451. The van der Waals surface area contributed by atoms with E-state index < -0.39 is 0 Å². The van der Waals surface area contributed by atoms with Gasteiger partial charge >= 0.3 is 0 Å². The number of nitriles is 1. The fourth-order valence-electron chi connectivity index (χ4n) is 2.61. The van der Waals surface area contributed by atoms with E-state index in [1.54, 1.807) is 14.2 Å². The predicted octanol–water partition coefficient (Wildman–Crippen LogP) is 1.62. The van der Waals surface area contributed by atoms with Crippen molar-refractivity contribution in [3.63, 3.8) is 0 Å². The molecule has 4 heteroatoms. The molecular formula is C15H20N2O2. The van der Waals surface area contributed by atoms with E-state index in [1.807, 2.05) is 18.2 Å². The summed E-state index contributed by atoms with van der Waals surface area (Å²) in [6, 6.07) is 10.4. The molecule has 0 aromatic heterocycles. The van der Waals surface area contributed by atoms with E-state index in [0.717, 1.165) is 24.2 Å². The van der Waals surface area contributed by atoms with Crippen molar-refractivity contribution in [2.75, 3.05) is 40.5 Å². The number of likely N-dealkylation sites (tertiary alicyclic amines) is 1. The Balaban J connectivity index is 1.97. The van der Waals surface area contributed by atoms with Gasteiger partial charge in [-0.3, -0.25) is 4.90 Å². The van der Waals surface area contributed by atoms with Crippen LogP contribution in [0.25, 0.3) is 0 Å². The van der Waals surface area contributed by atoms with Gasteiger partial charge < -0.3 is 9.47 Å². The van der Waals surface area contributed by atoms with Gasteiger partial charge in [0.05, 0.1) is 30.9 Å². The summed E-state index contributed by atoms with van der Waals surface area (Å²) < 4.78 is 10.5. The summed E-state index contributed by atoms with van der Waals surface area (Å²) in [4.78, 5) is 2.35. The summed E-state index contributed by atoms with van der Waals surface area (Å²) in [5.41, 5.74) is 1.96. The van der Waals surface area contributed by atoms with Crippen LogP contribution in [0.2, 0.25) is 0 Å². The molecule has 2 rings (SSSR count). The molecule has 0 bridgehead atoms. The van der Waals surface area contributed by atoms with Crippen LogP contribution in [0.3, 0.4) is 0 Å². The van der Waals surface area contributed by atoms with E-state index in [4.69, 9.17) is 14.7 Å². The molecule has 1 aromatic carbocycles. The van der Waals surface area contributed by atoms with E-state index in [0.29, 0.717) is 25.2 Å². The van der Waals surface area contributed by atoms with Gasteiger partial charge in [-0.25, -0.2) is 0 Å². The Kier molecular flexibility index (Phi) is 4.92. The largest absolute Gasteiger partial charge is 0.383 e. The lowest BCUT2D eigenvalue weighted by molar-refractivity contribution is -0.00351. The van der Waals surface area contributed by atoms with E-state index in [-0.39, 0.29) is 0 Å². The molecule has 0 aliphatic carbocycles. The molecule has 0 spiro atoms. The lowest BCUT2D eigenvalue weighted by Crippen LogP contribution is -2.54. The average Bonchev–Trinajstić information content (AvgIpc) is 2.38. The Morgan fingerprint density at radius 2 is 1.89 bits per heavy atom. The van der Waals surface area contributed by atoms with Crippen LogP contribution in [-0.4, -0.2) is 51.5 Å². The average molecular weight is 260 g/mol. The molecule has 1 saturated heterocycles. The smallest absolute Gasteiger partial charge is 0.0994 e. The SMILES string of the molecule is COCC(COC)N1CC(c2ccccc2C#N)C1. The molecule has 0 N–H and O–H groups in total. The minimum atomic E-state index is 0.306. The second-order valence-corrected chi connectivity index (χ2v) is 4.91. The van der Waals surface area contributed by atoms with Gasteiger partial charge in [0.2, 0.25) is 0 Å². The number of benzene rings is 1.